The molecule has 1 aromatic heterocycles. The van der Waals surface area contributed by atoms with Gasteiger partial charge in [0, 0.05) is 38.1 Å². The van der Waals surface area contributed by atoms with Gasteiger partial charge in [-0.3, -0.25) is 9.98 Å². The van der Waals surface area contributed by atoms with Gasteiger partial charge in [-0.25, -0.2) is 0 Å². The van der Waals surface area contributed by atoms with E-state index >= 15 is 0 Å². The molecule has 0 aliphatic carbocycles. The van der Waals surface area contributed by atoms with Crippen LogP contribution in [0.15, 0.2) is 53.8 Å². The van der Waals surface area contributed by atoms with Crippen molar-refractivity contribution in [2.75, 3.05) is 13.6 Å². The third-order valence-electron chi connectivity index (χ3n) is 3.29. The lowest BCUT2D eigenvalue weighted by Crippen LogP contribution is -2.38. The average molecular weight is 462 g/mol. The Morgan fingerprint density at radius 3 is 2.68 bits per heavy atom. The summed E-state index contributed by atoms with van der Waals surface area (Å²) in [5.41, 5.74) is 1.75. The number of hydrogen-bond acceptors (Lipinski definition) is 3. The molecule has 0 saturated carbocycles. The number of halogens is 3. The molecule has 0 aliphatic rings. The Morgan fingerprint density at radius 1 is 1.20 bits per heavy atom. The van der Waals surface area contributed by atoms with Crippen LogP contribution in [0.1, 0.15) is 11.1 Å². The molecular weight excluding hydrogens is 441 g/mol. The highest BCUT2D eigenvalue weighted by molar-refractivity contribution is 14.0. The predicted octanol–water partition coefficient (Wildman–Crippen LogP) is 3.21. The summed E-state index contributed by atoms with van der Waals surface area (Å²) < 4.78 is 29.3. The van der Waals surface area contributed by atoms with Crippen LogP contribution in [0.3, 0.4) is 0 Å². The zero-order valence-electron chi connectivity index (χ0n) is 13.8. The fourth-order valence-electron chi connectivity index (χ4n) is 2.13. The number of para-hydroxylation sites is 1. The van der Waals surface area contributed by atoms with Crippen LogP contribution in [0.4, 0.5) is 8.78 Å². The number of benzene rings is 1. The number of nitrogens with one attached hydrogen (secondary N) is 2. The Kier molecular flexibility index (Phi) is 9.75. The van der Waals surface area contributed by atoms with E-state index in [-0.39, 0.29) is 29.7 Å². The minimum absolute atomic E-state index is 0. The summed E-state index contributed by atoms with van der Waals surface area (Å²) >= 11 is 0. The first-order valence-electron chi connectivity index (χ1n) is 7.55. The van der Waals surface area contributed by atoms with Crippen molar-refractivity contribution in [2.24, 2.45) is 4.99 Å². The van der Waals surface area contributed by atoms with Crippen LogP contribution in [-0.2, 0) is 13.0 Å². The number of hydrogen-bond donors (Lipinski definition) is 2. The van der Waals surface area contributed by atoms with E-state index in [2.05, 4.69) is 25.3 Å². The minimum Gasteiger partial charge on any atom is -0.434 e. The van der Waals surface area contributed by atoms with Crippen molar-refractivity contribution in [3.8, 4) is 5.75 Å². The van der Waals surface area contributed by atoms with Gasteiger partial charge in [-0.2, -0.15) is 8.78 Å². The summed E-state index contributed by atoms with van der Waals surface area (Å²) in [6.07, 6.45) is 4.35. The number of pyridine rings is 1. The second-order valence-electron chi connectivity index (χ2n) is 4.95. The van der Waals surface area contributed by atoms with Crippen LogP contribution in [-0.4, -0.2) is 31.1 Å². The fraction of sp³-hybridized carbons (Fsp3) is 0.294. The van der Waals surface area contributed by atoms with Crippen molar-refractivity contribution < 1.29 is 13.5 Å². The molecule has 5 nitrogen and oxygen atoms in total. The van der Waals surface area contributed by atoms with Gasteiger partial charge >= 0.3 is 6.61 Å². The smallest absolute Gasteiger partial charge is 0.387 e. The maximum Gasteiger partial charge on any atom is 0.387 e. The molecule has 2 N–H and O–H groups in total. The molecule has 8 heteroatoms. The van der Waals surface area contributed by atoms with Crippen molar-refractivity contribution >= 4 is 29.9 Å². The first-order valence-corrected chi connectivity index (χ1v) is 7.55. The Labute approximate surface area is 162 Å². The van der Waals surface area contributed by atoms with Gasteiger partial charge in [-0.15, -0.1) is 24.0 Å². The SMILES string of the molecule is CN=C(NCCc1cccnc1)NCc1ccccc1OC(F)F.I. The standard InChI is InChI=1S/C17H20F2N4O.HI/c1-20-17(22-10-8-13-5-4-9-21-11-13)23-12-14-6-2-3-7-15(14)24-16(18)19;/h2-7,9,11,16H,8,10,12H2,1H3,(H2,20,22,23);1H. The van der Waals surface area contributed by atoms with E-state index in [1.54, 1.807) is 31.4 Å². The molecule has 0 unspecified atom stereocenters. The van der Waals surface area contributed by atoms with Gasteiger partial charge < -0.3 is 15.4 Å². The van der Waals surface area contributed by atoms with E-state index in [1.807, 2.05) is 18.3 Å². The van der Waals surface area contributed by atoms with Gasteiger partial charge in [-0.05, 0) is 24.1 Å². The molecule has 0 fully saturated rings. The molecular formula is C17H21F2IN4O. The molecule has 25 heavy (non-hydrogen) atoms. The summed E-state index contributed by atoms with van der Waals surface area (Å²) in [6.45, 7) is -1.83. The van der Waals surface area contributed by atoms with E-state index in [9.17, 15) is 8.78 Å². The minimum atomic E-state index is -2.84. The number of ether oxygens (including phenoxy) is 1. The van der Waals surface area contributed by atoms with Gasteiger partial charge in [0.15, 0.2) is 5.96 Å². The number of nitrogens with zero attached hydrogens (tertiary/aromatic N) is 2. The van der Waals surface area contributed by atoms with Crippen LogP contribution in [0.25, 0.3) is 0 Å². The Bertz CT molecular complexity index is 656. The van der Waals surface area contributed by atoms with E-state index < -0.39 is 6.61 Å². The highest BCUT2D eigenvalue weighted by Crippen LogP contribution is 2.19. The van der Waals surface area contributed by atoms with Gasteiger partial charge in [0.1, 0.15) is 5.75 Å². The lowest BCUT2D eigenvalue weighted by molar-refractivity contribution is -0.0504. The van der Waals surface area contributed by atoms with Crippen molar-refractivity contribution in [1.82, 2.24) is 15.6 Å². The lowest BCUT2D eigenvalue weighted by atomic mass is 10.2. The second kappa shape index (κ2) is 11.6. The zero-order chi connectivity index (χ0) is 17.2. The van der Waals surface area contributed by atoms with Crippen LogP contribution in [0.5, 0.6) is 5.75 Å². The molecule has 0 aliphatic heterocycles. The number of rotatable bonds is 7. The molecule has 1 heterocycles. The molecule has 1 aromatic carbocycles. The largest absolute Gasteiger partial charge is 0.434 e. The second-order valence-corrected chi connectivity index (χ2v) is 4.95. The summed E-state index contributed by atoms with van der Waals surface area (Å²) in [7, 11) is 1.65. The van der Waals surface area contributed by atoms with E-state index in [1.165, 1.54) is 6.07 Å². The molecule has 136 valence electrons. The summed E-state index contributed by atoms with van der Waals surface area (Å²) in [5.74, 6) is 0.747. The van der Waals surface area contributed by atoms with Gasteiger partial charge in [0.25, 0.3) is 0 Å². The maximum atomic E-state index is 12.4. The van der Waals surface area contributed by atoms with Crippen molar-refractivity contribution in [3.05, 3.63) is 59.9 Å². The van der Waals surface area contributed by atoms with E-state index in [4.69, 9.17) is 0 Å². The fourth-order valence-corrected chi connectivity index (χ4v) is 2.13. The molecule has 0 atom stereocenters. The molecule has 0 radical (unpaired) electrons. The lowest BCUT2D eigenvalue weighted by Gasteiger charge is -2.14. The van der Waals surface area contributed by atoms with Crippen molar-refractivity contribution in [1.29, 1.82) is 0 Å². The summed E-state index contributed by atoms with van der Waals surface area (Å²) in [6, 6.07) is 10.6. The van der Waals surface area contributed by atoms with Gasteiger partial charge in [0.05, 0.1) is 0 Å². The highest BCUT2D eigenvalue weighted by Gasteiger charge is 2.09. The summed E-state index contributed by atoms with van der Waals surface area (Å²) in [4.78, 5) is 8.18. The van der Waals surface area contributed by atoms with Gasteiger partial charge in [-0.1, -0.05) is 24.3 Å². The Hall–Kier alpha value is -1.97. The average Bonchev–Trinajstić information content (AvgIpc) is 2.59. The maximum absolute atomic E-state index is 12.4. The number of guanidine groups is 1. The normalized spacial score (nSPS) is 11.0. The van der Waals surface area contributed by atoms with Crippen LogP contribution in [0, 0.1) is 0 Å². The third kappa shape index (κ3) is 7.63. The molecule has 2 aromatic rings. The van der Waals surface area contributed by atoms with E-state index in [0.717, 1.165) is 12.0 Å². The van der Waals surface area contributed by atoms with Crippen molar-refractivity contribution in [3.63, 3.8) is 0 Å². The molecule has 0 bridgehead atoms. The third-order valence-corrected chi connectivity index (χ3v) is 3.29. The van der Waals surface area contributed by atoms with Crippen LogP contribution < -0.4 is 15.4 Å². The topological polar surface area (TPSA) is 58.5 Å². The molecule has 0 amide bonds. The number of aliphatic imine (C=N–C) groups is 1. The van der Waals surface area contributed by atoms with Crippen LogP contribution >= 0.6 is 24.0 Å². The van der Waals surface area contributed by atoms with Crippen molar-refractivity contribution in [2.45, 2.75) is 19.6 Å². The first kappa shape index (κ1) is 21.1. The highest BCUT2D eigenvalue weighted by atomic mass is 127. The molecule has 0 saturated heterocycles. The quantitative estimate of drug-likeness (QED) is 0.377. The Balaban J connectivity index is 0.00000312. The summed E-state index contributed by atoms with van der Waals surface area (Å²) in [5, 5.41) is 6.25. The molecule has 2 rings (SSSR count). The predicted molar refractivity (Wildman–Crippen MR) is 105 cm³/mol. The zero-order valence-corrected chi connectivity index (χ0v) is 16.1. The Morgan fingerprint density at radius 2 is 2.00 bits per heavy atom. The number of aromatic nitrogens is 1. The first-order chi connectivity index (χ1) is 11.7. The molecule has 0 spiro atoms. The van der Waals surface area contributed by atoms with Crippen LogP contribution in [0.2, 0.25) is 0 Å². The van der Waals surface area contributed by atoms with E-state index in [0.29, 0.717) is 24.6 Å². The van der Waals surface area contributed by atoms with Gasteiger partial charge in [0.2, 0.25) is 0 Å². The number of alkyl halides is 2. The monoisotopic (exact) mass is 462 g/mol.